The van der Waals surface area contributed by atoms with Crippen molar-refractivity contribution in [2.24, 2.45) is 5.92 Å². The third-order valence-electron chi connectivity index (χ3n) is 4.63. The Bertz CT molecular complexity index is 889. The summed E-state index contributed by atoms with van der Waals surface area (Å²) in [6.45, 7) is -0.113. The molecule has 0 unspecified atom stereocenters. The number of thiophene rings is 1. The van der Waals surface area contributed by atoms with Gasteiger partial charge in [-0.3, -0.25) is 4.79 Å². The lowest BCUT2D eigenvalue weighted by atomic mass is 9.77. The maximum Gasteiger partial charge on any atom is 0.258 e. The average molecular weight is 369 g/mol. The summed E-state index contributed by atoms with van der Waals surface area (Å²) in [7, 11) is 0. The molecule has 1 amide bonds. The molecule has 1 aliphatic carbocycles. The van der Waals surface area contributed by atoms with E-state index in [1.807, 2.05) is 41.8 Å². The number of hydrogen-bond acceptors (Lipinski definition) is 6. The second kappa shape index (κ2) is 7.39. The van der Waals surface area contributed by atoms with Gasteiger partial charge in [0.1, 0.15) is 6.33 Å². The Kier molecular flexibility index (Phi) is 4.81. The Morgan fingerprint density at radius 3 is 2.88 bits per heavy atom. The van der Waals surface area contributed by atoms with Crippen LogP contribution in [0.4, 0.5) is 0 Å². The minimum absolute atomic E-state index is 0.0864. The quantitative estimate of drug-likeness (QED) is 0.698. The lowest BCUT2D eigenvalue weighted by Crippen LogP contribution is -2.42. The highest BCUT2D eigenvalue weighted by molar-refractivity contribution is 7.10. The van der Waals surface area contributed by atoms with Gasteiger partial charge >= 0.3 is 0 Å². The Labute approximate surface area is 154 Å². The molecule has 0 aliphatic heterocycles. The van der Waals surface area contributed by atoms with Crippen LogP contribution < -0.4 is 10.1 Å². The molecule has 0 saturated heterocycles. The summed E-state index contributed by atoms with van der Waals surface area (Å²) in [5.41, 5.74) is 0.776. The van der Waals surface area contributed by atoms with Gasteiger partial charge in [0.25, 0.3) is 5.91 Å². The first kappa shape index (κ1) is 16.9. The molecule has 0 spiro atoms. The van der Waals surface area contributed by atoms with Crippen molar-refractivity contribution in [3.8, 4) is 5.88 Å². The third-order valence-corrected chi connectivity index (χ3v) is 5.59. The van der Waals surface area contributed by atoms with Crippen LogP contribution in [0.5, 0.6) is 5.88 Å². The summed E-state index contributed by atoms with van der Waals surface area (Å²) in [4.78, 5) is 21.9. The second-order valence-corrected chi connectivity index (χ2v) is 7.41. The number of carbonyl (C=O) groups is 1. The Morgan fingerprint density at radius 1 is 1.27 bits per heavy atom. The molecule has 2 heterocycles. The highest BCUT2D eigenvalue weighted by Crippen LogP contribution is 2.39. The number of ether oxygens (including phenoxy) is 1. The SMILES string of the molecule is O=C(COc1ncnc2ccccc12)N[C@H](c1cccs1)C1CC(O)C1. The molecular formula is C19H19N3O3S. The maximum atomic E-state index is 12.4. The smallest absolute Gasteiger partial charge is 0.258 e. The monoisotopic (exact) mass is 369 g/mol. The summed E-state index contributed by atoms with van der Waals surface area (Å²) in [5, 5.41) is 15.4. The van der Waals surface area contributed by atoms with Gasteiger partial charge in [-0.05, 0) is 42.3 Å². The van der Waals surface area contributed by atoms with Crippen LogP contribution in [-0.2, 0) is 4.79 Å². The van der Waals surface area contributed by atoms with E-state index in [1.165, 1.54) is 6.33 Å². The first-order valence-corrected chi connectivity index (χ1v) is 9.42. The van der Waals surface area contributed by atoms with Crippen molar-refractivity contribution in [3.63, 3.8) is 0 Å². The normalized spacial score (nSPS) is 20.3. The summed E-state index contributed by atoms with van der Waals surface area (Å²) >= 11 is 1.61. The van der Waals surface area contributed by atoms with Crippen molar-refractivity contribution in [3.05, 3.63) is 53.0 Å². The van der Waals surface area contributed by atoms with Crippen LogP contribution >= 0.6 is 11.3 Å². The van der Waals surface area contributed by atoms with Gasteiger partial charge in [0.15, 0.2) is 6.61 Å². The summed E-state index contributed by atoms with van der Waals surface area (Å²) in [5.74, 6) is 0.456. The zero-order valence-electron chi connectivity index (χ0n) is 14.0. The molecule has 0 radical (unpaired) electrons. The molecule has 2 aromatic heterocycles. The minimum atomic E-state index is -0.261. The topological polar surface area (TPSA) is 84.3 Å². The fourth-order valence-corrected chi connectivity index (χ4v) is 4.11. The number of nitrogens with zero attached hydrogens (tertiary/aromatic N) is 2. The fraction of sp³-hybridized carbons (Fsp3) is 0.316. The van der Waals surface area contributed by atoms with Gasteiger partial charge in [-0.1, -0.05) is 18.2 Å². The number of fused-ring (bicyclic) bond motifs is 1. The number of hydrogen-bond donors (Lipinski definition) is 2. The maximum absolute atomic E-state index is 12.4. The number of benzene rings is 1. The summed E-state index contributed by atoms with van der Waals surface area (Å²) < 4.78 is 5.64. The van der Waals surface area contributed by atoms with Gasteiger partial charge in [0.05, 0.1) is 23.0 Å². The molecular weight excluding hydrogens is 350 g/mol. The molecule has 1 fully saturated rings. The molecule has 6 nitrogen and oxygen atoms in total. The predicted molar refractivity (Wildman–Crippen MR) is 99.0 cm³/mol. The molecule has 1 saturated carbocycles. The molecule has 2 N–H and O–H groups in total. The van der Waals surface area contributed by atoms with E-state index in [2.05, 4.69) is 15.3 Å². The Hall–Kier alpha value is -2.51. The lowest BCUT2D eigenvalue weighted by Gasteiger charge is -2.37. The van der Waals surface area contributed by atoms with E-state index >= 15 is 0 Å². The number of para-hydroxylation sites is 1. The number of amides is 1. The molecule has 3 aromatic rings. The van der Waals surface area contributed by atoms with Gasteiger partial charge in [-0.2, -0.15) is 0 Å². The zero-order valence-corrected chi connectivity index (χ0v) is 14.9. The van der Waals surface area contributed by atoms with E-state index in [-0.39, 0.29) is 30.6 Å². The first-order chi connectivity index (χ1) is 12.7. The summed E-state index contributed by atoms with van der Waals surface area (Å²) in [6, 6.07) is 11.4. The van der Waals surface area contributed by atoms with E-state index in [1.54, 1.807) is 11.3 Å². The van der Waals surface area contributed by atoms with Gasteiger partial charge in [-0.15, -0.1) is 11.3 Å². The fourth-order valence-electron chi connectivity index (χ4n) is 3.24. The van der Waals surface area contributed by atoms with Gasteiger partial charge in [-0.25, -0.2) is 9.97 Å². The Morgan fingerprint density at radius 2 is 2.12 bits per heavy atom. The van der Waals surface area contributed by atoms with Crippen LogP contribution in [0.2, 0.25) is 0 Å². The van der Waals surface area contributed by atoms with E-state index in [0.29, 0.717) is 18.7 Å². The number of rotatable bonds is 6. The van der Waals surface area contributed by atoms with Crippen LogP contribution in [0.1, 0.15) is 23.8 Å². The van der Waals surface area contributed by atoms with Crippen molar-refractivity contribution in [2.45, 2.75) is 25.0 Å². The highest BCUT2D eigenvalue weighted by Gasteiger charge is 2.36. The molecule has 7 heteroatoms. The van der Waals surface area contributed by atoms with E-state index in [9.17, 15) is 9.90 Å². The molecule has 1 atom stereocenters. The van der Waals surface area contributed by atoms with Crippen molar-refractivity contribution < 1.29 is 14.6 Å². The van der Waals surface area contributed by atoms with Gasteiger partial charge < -0.3 is 15.2 Å². The van der Waals surface area contributed by atoms with Crippen molar-refractivity contribution in [2.75, 3.05) is 6.61 Å². The highest BCUT2D eigenvalue weighted by atomic mass is 32.1. The van der Waals surface area contributed by atoms with Crippen molar-refractivity contribution in [1.29, 1.82) is 0 Å². The third kappa shape index (κ3) is 3.54. The van der Waals surface area contributed by atoms with Crippen LogP contribution in [0, 0.1) is 5.92 Å². The van der Waals surface area contributed by atoms with Crippen molar-refractivity contribution >= 4 is 28.1 Å². The number of aliphatic hydroxyl groups excluding tert-OH is 1. The molecule has 0 bridgehead atoms. The second-order valence-electron chi connectivity index (χ2n) is 6.43. The van der Waals surface area contributed by atoms with Crippen LogP contribution in [0.3, 0.4) is 0 Å². The number of aliphatic hydroxyl groups is 1. The van der Waals surface area contributed by atoms with Gasteiger partial charge in [0, 0.05) is 4.88 Å². The largest absolute Gasteiger partial charge is 0.467 e. The van der Waals surface area contributed by atoms with Gasteiger partial charge in [0.2, 0.25) is 5.88 Å². The minimum Gasteiger partial charge on any atom is -0.467 e. The summed E-state index contributed by atoms with van der Waals surface area (Å²) in [6.07, 6.45) is 2.59. The zero-order chi connectivity index (χ0) is 17.9. The standard InChI is InChI=1S/C19H19N3O3S/c23-13-8-12(9-13)18(16-6-3-7-26-16)22-17(24)10-25-19-14-4-1-2-5-15(14)20-11-21-19/h1-7,11-13,18,23H,8-10H2,(H,22,24)/t12?,13?,18-/m0/s1. The van der Waals surface area contributed by atoms with Crippen LogP contribution in [-0.4, -0.2) is 33.7 Å². The molecule has 4 rings (SSSR count). The lowest BCUT2D eigenvalue weighted by molar-refractivity contribution is -0.125. The number of aromatic nitrogens is 2. The molecule has 134 valence electrons. The number of nitrogens with one attached hydrogen (secondary N) is 1. The molecule has 26 heavy (non-hydrogen) atoms. The van der Waals surface area contributed by atoms with E-state index < -0.39 is 0 Å². The average Bonchev–Trinajstić information content (AvgIpc) is 3.16. The molecule has 1 aromatic carbocycles. The predicted octanol–water partition coefficient (Wildman–Crippen LogP) is 2.70. The van der Waals surface area contributed by atoms with E-state index in [0.717, 1.165) is 15.8 Å². The Balaban J connectivity index is 1.42. The van der Waals surface area contributed by atoms with Crippen molar-refractivity contribution in [1.82, 2.24) is 15.3 Å². The first-order valence-electron chi connectivity index (χ1n) is 8.54. The van der Waals surface area contributed by atoms with Crippen LogP contribution in [0.15, 0.2) is 48.1 Å². The van der Waals surface area contributed by atoms with Crippen LogP contribution in [0.25, 0.3) is 10.9 Å². The number of carbonyl (C=O) groups excluding carboxylic acids is 1. The van der Waals surface area contributed by atoms with E-state index in [4.69, 9.17) is 4.74 Å². The molecule has 1 aliphatic rings.